The maximum atomic E-state index is 10.4. The third-order valence-electron chi connectivity index (χ3n) is 1.84. The lowest BCUT2D eigenvalue weighted by Gasteiger charge is -2.08. The second kappa shape index (κ2) is 6.53. The zero-order valence-electron chi connectivity index (χ0n) is 9.00. The van der Waals surface area contributed by atoms with Gasteiger partial charge < -0.3 is 16.2 Å². The molecule has 98 valence electrons. The summed E-state index contributed by atoms with van der Waals surface area (Å²) < 4.78 is 34.5. The first-order valence-corrected chi connectivity index (χ1v) is 6.22. The molecule has 0 heterocycles. The highest BCUT2D eigenvalue weighted by Gasteiger charge is 2.05. The highest BCUT2D eigenvalue weighted by molar-refractivity contribution is 7.85. The van der Waals surface area contributed by atoms with Crippen molar-refractivity contribution >= 4 is 33.9 Å². The van der Waals surface area contributed by atoms with E-state index in [1.54, 1.807) is 18.2 Å². The summed E-state index contributed by atoms with van der Waals surface area (Å²) in [4.78, 5) is 0. The van der Waals surface area contributed by atoms with Gasteiger partial charge in [-0.2, -0.15) is 8.42 Å². The van der Waals surface area contributed by atoms with Crippen molar-refractivity contribution < 1.29 is 17.7 Å². The molecule has 0 unspecified atom stereocenters. The molecular formula is C9H15ClN2O4S. The average Bonchev–Trinajstić information content (AvgIpc) is 2.13. The van der Waals surface area contributed by atoms with Gasteiger partial charge in [0.05, 0.1) is 18.0 Å². The van der Waals surface area contributed by atoms with Gasteiger partial charge in [-0.1, -0.05) is 0 Å². The molecule has 0 amide bonds. The normalized spacial score (nSPS) is 10.6. The molecule has 0 atom stereocenters. The number of nitrogen functional groups attached to an aromatic ring is 2. The van der Waals surface area contributed by atoms with Gasteiger partial charge in [0.15, 0.2) is 0 Å². The van der Waals surface area contributed by atoms with Gasteiger partial charge in [0.25, 0.3) is 10.1 Å². The number of hydrogen-bond acceptors (Lipinski definition) is 5. The van der Waals surface area contributed by atoms with Crippen LogP contribution in [0.2, 0.25) is 0 Å². The molecule has 6 nitrogen and oxygen atoms in total. The molecule has 1 aromatic rings. The van der Waals surface area contributed by atoms with Crippen LogP contribution in [-0.4, -0.2) is 25.3 Å². The van der Waals surface area contributed by atoms with Gasteiger partial charge in [-0.3, -0.25) is 4.55 Å². The Kier molecular flexibility index (Phi) is 6.08. The Labute approximate surface area is 106 Å². The lowest BCUT2D eigenvalue weighted by molar-refractivity contribution is 0.318. The van der Waals surface area contributed by atoms with Crippen molar-refractivity contribution in [2.75, 3.05) is 23.8 Å². The highest BCUT2D eigenvalue weighted by atomic mass is 35.5. The SMILES string of the molecule is Cl.Nc1ccc(OCCCS(=O)(=O)O)c(N)c1. The van der Waals surface area contributed by atoms with E-state index in [9.17, 15) is 8.42 Å². The van der Waals surface area contributed by atoms with Gasteiger partial charge in [0.1, 0.15) is 5.75 Å². The van der Waals surface area contributed by atoms with Gasteiger partial charge in [-0.05, 0) is 24.6 Å². The van der Waals surface area contributed by atoms with Crippen molar-refractivity contribution in [3.63, 3.8) is 0 Å². The monoisotopic (exact) mass is 282 g/mol. The smallest absolute Gasteiger partial charge is 0.264 e. The number of hydrogen-bond donors (Lipinski definition) is 3. The van der Waals surface area contributed by atoms with E-state index in [2.05, 4.69) is 0 Å². The van der Waals surface area contributed by atoms with Crippen LogP contribution in [0.1, 0.15) is 6.42 Å². The predicted octanol–water partition coefficient (Wildman–Crippen LogP) is 0.929. The molecule has 0 spiro atoms. The van der Waals surface area contributed by atoms with Gasteiger partial charge in [-0.25, -0.2) is 0 Å². The molecule has 5 N–H and O–H groups in total. The fourth-order valence-electron chi connectivity index (χ4n) is 1.12. The van der Waals surface area contributed by atoms with Crippen molar-refractivity contribution in [2.45, 2.75) is 6.42 Å². The number of benzene rings is 1. The van der Waals surface area contributed by atoms with E-state index in [0.29, 0.717) is 17.1 Å². The van der Waals surface area contributed by atoms with Crippen molar-refractivity contribution in [3.05, 3.63) is 18.2 Å². The standard InChI is InChI=1S/C9H14N2O4S.ClH/c10-7-2-3-9(8(11)6-7)15-4-1-5-16(12,13)14;/h2-3,6H,1,4-5,10-11H2,(H,12,13,14);1H. The van der Waals surface area contributed by atoms with E-state index in [-0.39, 0.29) is 31.2 Å². The molecule has 0 radical (unpaired) electrons. The second-order valence-corrected chi connectivity index (χ2v) is 4.86. The summed E-state index contributed by atoms with van der Waals surface area (Å²) in [6.45, 7) is 0.161. The van der Waals surface area contributed by atoms with E-state index in [1.807, 2.05) is 0 Å². The molecule has 0 saturated carbocycles. The number of halogens is 1. The van der Waals surface area contributed by atoms with Gasteiger partial charge in [0.2, 0.25) is 0 Å². The Morgan fingerprint density at radius 2 is 1.94 bits per heavy atom. The minimum absolute atomic E-state index is 0. The molecule has 0 aliphatic heterocycles. The zero-order chi connectivity index (χ0) is 12.2. The quantitative estimate of drug-likeness (QED) is 0.420. The lowest BCUT2D eigenvalue weighted by Crippen LogP contribution is -2.09. The second-order valence-electron chi connectivity index (χ2n) is 3.29. The van der Waals surface area contributed by atoms with Crippen LogP contribution >= 0.6 is 12.4 Å². The summed E-state index contributed by atoms with van der Waals surface area (Å²) in [5, 5.41) is 0. The first-order chi connectivity index (χ1) is 7.38. The molecule has 1 aromatic carbocycles. The van der Waals surface area contributed by atoms with Crippen LogP contribution in [0.15, 0.2) is 18.2 Å². The molecule has 0 saturated heterocycles. The number of rotatable bonds is 5. The van der Waals surface area contributed by atoms with Crippen molar-refractivity contribution in [1.82, 2.24) is 0 Å². The molecule has 0 aromatic heterocycles. The first kappa shape index (κ1) is 15.8. The molecule has 0 bridgehead atoms. The Hall–Kier alpha value is -1.18. The Balaban J connectivity index is 0.00000256. The zero-order valence-corrected chi connectivity index (χ0v) is 10.6. The summed E-state index contributed by atoms with van der Waals surface area (Å²) in [6.07, 6.45) is 0.197. The summed E-state index contributed by atoms with van der Waals surface area (Å²) >= 11 is 0. The van der Waals surface area contributed by atoms with Crippen molar-refractivity contribution in [3.8, 4) is 5.75 Å². The van der Waals surface area contributed by atoms with Crippen LogP contribution in [0.4, 0.5) is 11.4 Å². The van der Waals surface area contributed by atoms with Crippen LogP contribution < -0.4 is 16.2 Å². The topological polar surface area (TPSA) is 116 Å². The lowest BCUT2D eigenvalue weighted by atomic mass is 10.2. The highest BCUT2D eigenvalue weighted by Crippen LogP contribution is 2.23. The summed E-state index contributed by atoms with van der Waals surface area (Å²) in [6, 6.07) is 4.80. The fourth-order valence-corrected chi connectivity index (χ4v) is 1.60. The van der Waals surface area contributed by atoms with Crippen molar-refractivity contribution in [2.24, 2.45) is 0 Å². The van der Waals surface area contributed by atoms with Crippen LogP contribution in [0.5, 0.6) is 5.75 Å². The van der Waals surface area contributed by atoms with E-state index in [4.69, 9.17) is 20.8 Å². The molecule has 8 heteroatoms. The Morgan fingerprint density at radius 3 is 2.47 bits per heavy atom. The van der Waals surface area contributed by atoms with Gasteiger partial charge in [-0.15, -0.1) is 12.4 Å². The predicted molar refractivity (Wildman–Crippen MR) is 69.0 cm³/mol. The number of nitrogens with two attached hydrogens (primary N) is 2. The maximum Gasteiger partial charge on any atom is 0.264 e. The Morgan fingerprint density at radius 1 is 1.29 bits per heavy atom. The van der Waals surface area contributed by atoms with Crippen LogP contribution in [0, 0.1) is 0 Å². The minimum atomic E-state index is -3.93. The largest absolute Gasteiger partial charge is 0.491 e. The van der Waals surface area contributed by atoms with Crippen molar-refractivity contribution in [1.29, 1.82) is 0 Å². The molecule has 0 aliphatic carbocycles. The van der Waals surface area contributed by atoms with Crippen LogP contribution in [0.3, 0.4) is 0 Å². The Bertz CT molecular complexity index is 464. The summed E-state index contributed by atoms with van der Waals surface area (Å²) in [5.74, 6) is 0.117. The molecular weight excluding hydrogens is 268 g/mol. The summed E-state index contributed by atoms with van der Waals surface area (Å²) in [5.41, 5.74) is 12.0. The third kappa shape index (κ3) is 6.20. The maximum absolute atomic E-state index is 10.4. The fraction of sp³-hybridized carbons (Fsp3) is 0.333. The molecule has 0 aliphatic rings. The van der Waals surface area contributed by atoms with Gasteiger partial charge >= 0.3 is 0 Å². The van der Waals surface area contributed by atoms with E-state index in [1.165, 1.54) is 0 Å². The molecule has 0 fully saturated rings. The van der Waals surface area contributed by atoms with Crippen LogP contribution in [-0.2, 0) is 10.1 Å². The van der Waals surface area contributed by atoms with E-state index in [0.717, 1.165) is 0 Å². The van der Waals surface area contributed by atoms with E-state index < -0.39 is 10.1 Å². The number of anilines is 2. The van der Waals surface area contributed by atoms with E-state index >= 15 is 0 Å². The first-order valence-electron chi connectivity index (χ1n) is 4.61. The summed E-state index contributed by atoms with van der Waals surface area (Å²) in [7, 11) is -3.93. The third-order valence-corrected chi connectivity index (χ3v) is 2.64. The van der Waals surface area contributed by atoms with Gasteiger partial charge in [0, 0.05) is 5.69 Å². The average molecular weight is 283 g/mol. The minimum Gasteiger partial charge on any atom is -0.491 e. The van der Waals surface area contributed by atoms with Crippen LogP contribution in [0.25, 0.3) is 0 Å². The number of ether oxygens (including phenoxy) is 1. The molecule has 17 heavy (non-hydrogen) atoms. The molecule has 1 rings (SSSR count).